The van der Waals surface area contributed by atoms with E-state index < -0.39 is 5.97 Å². The molecule has 0 atom stereocenters. The van der Waals surface area contributed by atoms with E-state index in [0.29, 0.717) is 4.60 Å². The molecule has 16 heavy (non-hydrogen) atoms. The summed E-state index contributed by atoms with van der Waals surface area (Å²) in [5, 5.41) is 8.53. The van der Waals surface area contributed by atoms with E-state index in [1.165, 1.54) is 6.08 Å². The normalized spacial score (nSPS) is 12.0. The lowest BCUT2D eigenvalue weighted by Crippen LogP contribution is -2.13. The van der Waals surface area contributed by atoms with Crippen LogP contribution in [0.3, 0.4) is 0 Å². The average Bonchev–Trinajstić information content (AvgIpc) is 2.14. The van der Waals surface area contributed by atoms with E-state index in [0.717, 1.165) is 17.3 Å². The third kappa shape index (κ3) is 3.45. The van der Waals surface area contributed by atoms with Crippen LogP contribution in [-0.4, -0.2) is 16.1 Å². The van der Waals surface area contributed by atoms with Crippen molar-refractivity contribution in [3.63, 3.8) is 0 Å². The van der Waals surface area contributed by atoms with Crippen molar-refractivity contribution >= 4 is 28.0 Å². The molecule has 86 valence electrons. The Balaban J connectivity index is 3.05. The molecule has 1 rings (SSSR count). The van der Waals surface area contributed by atoms with Crippen molar-refractivity contribution in [3.05, 3.63) is 34.1 Å². The largest absolute Gasteiger partial charge is 0.478 e. The number of aromatic nitrogens is 1. The number of rotatable bonds is 2. The highest BCUT2D eigenvalue weighted by atomic mass is 79.9. The van der Waals surface area contributed by atoms with Crippen LogP contribution in [0.5, 0.6) is 0 Å². The van der Waals surface area contributed by atoms with Gasteiger partial charge in [0.25, 0.3) is 0 Å². The monoisotopic (exact) mass is 283 g/mol. The van der Waals surface area contributed by atoms with Crippen LogP contribution in [0, 0.1) is 0 Å². The zero-order valence-electron chi connectivity index (χ0n) is 9.49. The number of aliphatic carboxylic acids is 1. The van der Waals surface area contributed by atoms with E-state index in [2.05, 4.69) is 41.7 Å². The first-order valence-corrected chi connectivity index (χ1v) is 5.68. The van der Waals surface area contributed by atoms with Gasteiger partial charge in [0.2, 0.25) is 0 Å². The van der Waals surface area contributed by atoms with Gasteiger partial charge >= 0.3 is 5.97 Å². The van der Waals surface area contributed by atoms with Crippen LogP contribution in [0.25, 0.3) is 6.08 Å². The van der Waals surface area contributed by atoms with Gasteiger partial charge in [-0.1, -0.05) is 26.8 Å². The number of hydrogen-bond donors (Lipinski definition) is 1. The summed E-state index contributed by atoms with van der Waals surface area (Å²) in [5.41, 5.74) is 1.71. The summed E-state index contributed by atoms with van der Waals surface area (Å²) >= 11 is 3.33. The Labute approximate surface area is 103 Å². The Morgan fingerprint density at radius 3 is 2.50 bits per heavy atom. The van der Waals surface area contributed by atoms with Gasteiger partial charge in [-0.3, -0.25) is 0 Å². The van der Waals surface area contributed by atoms with Crippen LogP contribution in [0.4, 0.5) is 0 Å². The van der Waals surface area contributed by atoms with Crippen molar-refractivity contribution in [3.8, 4) is 0 Å². The molecule has 0 saturated carbocycles. The van der Waals surface area contributed by atoms with Gasteiger partial charge in [-0.05, 0) is 28.1 Å². The first kappa shape index (κ1) is 12.9. The molecule has 1 heterocycles. The molecular formula is C12H14BrNO2. The molecule has 0 radical (unpaired) electrons. The molecule has 0 bridgehead atoms. The van der Waals surface area contributed by atoms with Crippen LogP contribution in [0.2, 0.25) is 0 Å². The number of carboxylic acids is 1. The van der Waals surface area contributed by atoms with E-state index in [4.69, 9.17) is 5.11 Å². The van der Waals surface area contributed by atoms with Crippen LogP contribution >= 0.6 is 15.9 Å². The maximum atomic E-state index is 10.4. The maximum Gasteiger partial charge on any atom is 0.328 e. The fraction of sp³-hybridized carbons (Fsp3) is 0.333. The molecule has 0 fully saturated rings. The predicted octanol–water partition coefficient (Wildman–Crippen LogP) is 3.24. The minimum absolute atomic E-state index is 0.0163. The van der Waals surface area contributed by atoms with Crippen LogP contribution in [0.15, 0.2) is 22.8 Å². The van der Waals surface area contributed by atoms with Crippen molar-refractivity contribution in [1.82, 2.24) is 4.98 Å². The molecule has 0 saturated heterocycles. The molecule has 0 spiro atoms. The van der Waals surface area contributed by atoms with Crippen LogP contribution in [-0.2, 0) is 10.2 Å². The number of carboxylic acid groups (broad SMARTS) is 1. The van der Waals surface area contributed by atoms with Crippen LogP contribution < -0.4 is 0 Å². The molecule has 0 amide bonds. The standard InChI is InChI=1S/C12H14BrNO2/c1-12(2,3)9-6-4-8(11(13)14-9)5-7-10(15)16/h4-7H,1-3H3,(H,15,16)/b7-5+. The molecule has 0 aromatic carbocycles. The third-order valence-electron chi connectivity index (χ3n) is 2.05. The predicted molar refractivity (Wildman–Crippen MR) is 67.3 cm³/mol. The lowest BCUT2D eigenvalue weighted by atomic mass is 9.91. The summed E-state index contributed by atoms with van der Waals surface area (Å²) in [6.07, 6.45) is 2.62. The highest BCUT2D eigenvalue weighted by molar-refractivity contribution is 9.10. The van der Waals surface area contributed by atoms with Crippen molar-refractivity contribution in [2.75, 3.05) is 0 Å². The average molecular weight is 284 g/mol. The zero-order valence-corrected chi connectivity index (χ0v) is 11.1. The summed E-state index contributed by atoms with van der Waals surface area (Å²) in [4.78, 5) is 14.8. The van der Waals surface area contributed by atoms with Crippen molar-refractivity contribution < 1.29 is 9.90 Å². The van der Waals surface area contributed by atoms with Crippen LogP contribution in [0.1, 0.15) is 32.0 Å². The SMILES string of the molecule is CC(C)(C)c1ccc(/C=C/C(=O)O)c(Br)n1. The fourth-order valence-corrected chi connectivity index (χ4v) is 1.60. The van der Waals surface area contributed by atoms with Gasteiger partial charge in [0.05, 0.1) is 0 Å². The quantitative estimate of drug-likeness (QED) is 0.670. The number of carbonyl (C=O) groups is 1. The summed E-state index contributed by atoms with van der Waals surface area (Å²) in [6, 6.07) is 3.77. The van der Waals surface area contributed by atoms with Gasteiger partial charge in [-0.25, -0.2) is 9.78 Å². The van der Waals surface area contributed by atoms with Gasteiger partial charge in [0.15, 0.2) is 0 Å². The Bertz CT molecular complexity index is 433. The highest BCUT2D eigenvalue weighted by Gasteiger charge is 2.16. The lowest BCUT2D eigenvalue weighted by Gasteiger charge is -2.18. The van der Waals surface area contributed by atoms with Gasteiger partial charge < -0.3 is 5.11 Å². The first-order chi connectivity index (χ1) is 7.30. The molecule has 1 aromatic rings. The third-order valence-corrected chi connectivity index (χ3v) is 2.69. The summed E-state index contributed by atoms with van der Waals surface area (Å²) in [7, 11) is 0. The Morgan fingerprint density at radius 2 is 2.06 bits per heavy atom. The zero-order chi connectivity index (χ0) is 12.3. The first-order valence-electron chi connectivity index (χ1n) is 4.89. The second kappa shape index (κ2) is 4.78. The van der Waals surface area contributed by atoms with Crippen molar-refractivity contribution in [2.24, 2.45) is 0 Å². The Kier molecular flexibility index (Phi) is 3.86. The smallest absolute Gasteiger partial charge is 0.328 e. The highest BCUT2D eigenvalue weighted by Crippen LogP contribution is 2.24. The molecule has 1 aromatic heterocycles. The van der Waals surface area contributed by atoms with Gasteiger partial charge in [0.1, 0.15) is 4.60 Å². The van der Waals surface area contributed by atoms with E-state index in [-0.39, 0.29) is 5.41 Å². The second-order valence-corrected chi connectivity index (χ2v) is 5.25. The minimum Gasteiger partial charge on any atom is -0.478 e. The van der Waals surface area contributed by atoms with Crippen molar-refractivity contribution in [2.45, 2.75) is 26.2 Å². The molecule has 0 aliphatic rings. The topological polar surface area (TPSA) is 50.2 Å². The van der Waals surface area contributed by atoms with E-state index >= 15 is 0 Å². The number of hydrogen-bond acceptors (Lipinski definition) is 2. The number of nitrogens with zero attached hydrogens (tertiary/aromatic N) is 1. The van der Waals surface area contributed by atoms with Gasteiger partial charge in [0, 0.05) is 22.7 Å². The summed E-state index contributed by atoms with van der Waals surface area (Å²) < 4.78 is 0.664. The number of halogens is 1. The van der Waals surface area contributed by atoms with Gasteiger partial charge in [-0.2, -0.15) is 0 Å². The number of pyridine rings is 1. The Morgan fingerprint density at radius 1 is 1.44 bits per heavy atom. The van der Waals surface area contributed by atoms with Gasteiger partial charge in [-0.15, -0.1) is 0 Å². The summed E-state index contributed by atoms with van der Waals surface area (Å²) in [6.45, 7) is 6.23. The van der Waals surface area contributed by atoms with E-state index in [9.17, 15) is 4.79 Å². The molecule has 3 nitrogen and oxygen atoms in total. The molecular weight excluding hydrogens is 270 g/mol. The van der Waals surface area contributed by atoms with E-state index in [1.54, 1.807) is 0 Å². The minimum atomic E-state index is -0.966. The molecule has 0 unspecified atom stereocenters. The molecule has 4 heteroatoms. The van der Waals surface area contributed by atoms with E-state index in [1.807, 2.05) is 12.1 Å². The fourth-order valence-electron chi connectivity index (χ4n) is 1.15. The van der Waals surface area contributed by atoms with Crippen molar-refractivity contribution in [1.29, 1.82) is 0 Å². The molecule has 1 N–H and O–H groups in total. The molecule has 0 aliphatic heterocycles. The summed E-state index contributed by atoms with van der Waals surface area (Å²) in [5.74, 6) is -0.966. The molecule has 0 aliphatic carbocycles. The lowest BCUT2D eigenvalue weighted by molar-refractivity contribution is -0.131. The second-order valence-electron chi connectivity index (χ2n) is 4.50. The maximum absolute atomic E-state index is 10.4. The Hall–Kier alpha value is -1.16.